The number of aliphatic hydroxyl groups is 1. The number of carbonyl (C=O) groups is 1. The Balaban J connectivity index is 2.67. The molecule has 21 heavy (non-hydrogen) atoms. The van der Waals surface area contributed by atoms with Crippen molar-refractivity contribution in [2.24, 2.45) is 0 Å². The van der Waals surface area contributed by atoms with Crippen LogP contribution in [0.4, 0.5) is 18.0 Å². The van der Waals surface area contributed by atoms with Crippen LogP contribution in [0, 0.1) is 0 Å². The highest BCUT2D eigenvalue weighted by atomic mass is 19.4. The number of urea groups is 1. The van der Waals surface area contributed by atoms with Crippen LogP contribution in [0.5, 0.6) is 0 Å². The van der Waals surface area contributed by atoms with Crippen molar-refractivity contribution in [1.29, 1.82) is 0 Å². The van der Waals surface area contributed by atoms with Crippen LogP contribution >= 0.6 is 0 Å². The van der Waals surface area contributed by atoms with Crippen LogP contribution in [0.15, 0.2) is 24.3 Å². The molecule has 0 unspecified atom stereocenters. The van der Waals surface area contributed by atoms with Gasteiger partial charge in [0.2, 0.25) is 0 Å². The smallest absolute Gasteiger partial charge is 0.394 e. The van der Waals surface area contributed by atoms with Gasteiger partial charge >= 0.3 is 12.2 Å². The van der Waals surface area contributed by atoms with Gasteiger partial charge in [-0.2, -0.15) is 13.2 Å². The normalized spacial score (nSPS) is 14.4. The van der Waals surface area contributed by atoms with Crippen molar-refractivity contribution in [2.75, 3.05) is 6.61 Å². The summed E-state index contributed by atoms with van der Waals surface area (Å²) in [5, 5.41) is 13.8. The van der Waals surface area contributed by atoms with Gasteiger partial charge in [-0.25, -0.2) is 4.79 Å². The van der Waals surface area contributed by atoms with Gasteiger partial charge < -0.3 is 15.7 Å². The minimum atomic E-state index is -4.41. The van der Waals surface area contributed by atoms with E-state index in [0.717, 1.165) is 6.07 Å². The Morgan fingerprint density at radius 3 is 2.33 bits per heavy atom. The molecule has 0 aliphatic heterocycles. The molecule has 1 rings (SSSR count). The number of rotatable bonds is 5. The lowest BCUT2D eigenvalue weighted by molar-refractivity contribution is -0.138. The molecule has 0 spiro atoms. The predicted molar refractivity (Wildman–Crippen MR) is 72.8 cm³/mol. The Kier molecular flexibility index (Phi) is 6.02. The fourth-order valence-corrected chi connectivity index (χ4v) is 1.89. The standard InChI is InChI=1S/C14H19F3N2O2/c1-9(18-13(21)19-10(2)8-20)7-11-5-3-4-6-12(11)14(15,16)17/h3-6,9-10,20H,7-8H2,1-2H3,(H2,18,19,21)/t9-,10-/m1/s1. The molecule has 2 amide bonds. The largest absolute Gasteiger partial charge is 0.416 e. The number of carbonyl (C=O) groups excluding carboxylic acids is 1. The second kappa shape index (κ2) is 7.31. The summed E-state index contributed by atoms with van der Waals surface area (Å²) >= 11 is 0. The first-order valence-corrected chi connectivity index (χ1v) is 6.57. The Morgan fingerprint density at radius 1 is 1.19 bits per heavy atom. The Bertz CT molecular complexity index is 478. The summed E-state index contributed by atoms with van der Waals surface area (Å²) in [5.74, 6) is 0. The summed E-state index contributed by atoms with van der Waals surface area (Å²) in [6.07, 6.45) is -4.35. The molecule has 4 nitrogen and oxygen atoms in total. The van der Waals surface area contributed by atoms with Crippen LogP contribution in [0.1, 0.15) is 25.0 Å². The number of aliphatic hydroxyl groups excluding tert-OH is 1. The molecule has 0 aliphatic carbocycles. The molecule has 0 heterocycles. The van der Waals surface area contributed by atoms with E-state index in [1.165, 1.54) is 18.2 Å². The zero-order valence-corrected chi connectivity index (χ0v) is 11.9. The zero-order chi connectivity index (χ0) is 16.0. The molecular formula is C14H19F3N2O2. The highest BCUT2D eigenvalue weighted by Crippen LogP contribution is 2.32. The second-order valence-corrected chi connectivity index (χ2v) is 4.96. The first-order chi connectivity index (χ1) is 9.74. The van der Waals surface area contributed by atoms with Crippen LogP contribution in [0.2, 0.25) is 0 Å². The number of halogens is 3. The van der Waals surface area contributed by atoms with Crippen LogP contribution < -0.4 is 10.6 Å². The number of hydrogen-bond donors (Lipinski definition) is 3. The van der Waals surface area contributed by atoms with Crippen LogP contribution in [0.3, 0.4) is 0 Å². The van der Waals surface area contributed by atoms with Gasteiger partial charge in [-0.3, -0.25) is 0 Å². The van der Waals surface area contributed by atoms with Gasteiger partial charge in [0.25, 0.3) is 0 Å². The average molecular weight is 304 g/mol. The third-order valence-electron chi connectivity index (χ3n) is 2.88. The van der Waals surface area contributed by atoms with E-state index in [-0.39, 0.29) is 18.6 Å². The van der Waals surface area contributed by atoms with Gasteiger partial charge in [0.05, 0.1) is 18.2 Å². The van der Waals surface area contributed by atoms with E-state index in [0.29, 0.717) is 0 Å². The van der Waals surface area contributed by atoms with Crippen molar-refractivity contribution in [2.45, 2.75) is 38.5 Å². The van der Waals surface area contributed by atoms with Crippen LogP contribution in [-0.2, 0) is 12.6 Å². The Hall–Kier alpha value is -1.76. The monoisotopic (exact) mass is 304 g/mol. The summed E-state index contributed by atoms with van der Waals surface area (Å²) in [5.41, 5.74) is -0.559. The highest BCUT2D eigenvalue weighted by Gasteiger charge is 2.33. The van der Waals surface area contributed by atoms with Crippen molar-refractivity contribution in [1.82, 2.24) is 10.6 Å². The molecule has 0 aromatic heterocycles. The third-order valence-corrected chi connectivity index (χ3v) is 2.88. The molecule has 3 N–H and O–H groups in total. The summed E-state index contributed by atoms with van der Waals surface area (Å²) < 4.78 is 38.6. The van der Waals surface area contributed by atoms with Crippen LogP contribution in [-0.4, -0.2) is 29.8 Å². The molecule has 118 valence electrons. The summed E-state index contributed by atoms with van der Waals surface area (Å²) in [4.78, 5) is 11.5. The lowest BCUT2D eigenvalue weighted by Gasteiger charge is -2.19. The molecule has 0 saturated heterocycles. The van der Waals surface area contributed by atoms with Crippen molar-refractivity contribution < 1.29 is 23.1 Å². The minimum Gasteiger partial charge on any atom is -0.394 e. The van der Waals surface area contributed by atoms with Gasteiger partial charge in [0.15, 0.2) is 0 Å². The molecule has 1 aromatic rings. The van der Waals surface area contributed by atoms with Gasteiger partial charge in [0, 0.05) is 6.04 Å². The zero-order valence-electron chi connectivity index (χ0n) is 11.9. The molecular weight excluding hydrogens is 285 g/mol. The van der Waals surface area contributed by atoms with E-state index in [1.54, 1.807) is 13.8 Å². The molecule has 0 saturated carbocycles. The summed E-state index contributed by atoms with van der Waals surface area (Å²) in [6, 6.07) is 3.88. The topological polar surface area (TPSA) is 61.4 Å². The molecule has 0 radical (unpaired) electrons. The molecule has 7 heteroatoms. The highest BCUT2D eigenvalue weighted by molar-refractivity contribution is 5.74. The first kappa shape index (κ1) is 17.3. The maximum absolute atomic E-state index is 12.9. The number of alkyl halides is 3. The number of hydrogen-bond acceptors (Lipinski definition) is 2. The lowest BCUT2D eigenvalue weighted by atomic mass is 10.0. The van der Waals surface area contributed by atoms with E-state index in [1.807, 2.05) is 0 Å². The average Bonchev–Trinajstić information content (AvgIpc) is 2.37. The van der Waals surface area contributed by atoms with Crippen molar-refractivity contribution in [3.8, 4) is 0 Å². The van der Waals surface area contributed by atoms with E-state index in [4.69, 9.17) is 5.11 Å². The summed E-state index contributed by atoms with van der Waals surface area (Å²) in [7, 11) is 0. The predicted octanol–water partition coefficient (Wildman–Crippen LogP) is 2.32. The van der Waals surface area contributed by atoms with Gasteiger partial charge in [-0.15, -0.1) is 0 Å². The van der Waals surface area contributed by atoms with E-state index in [9.17, 15) is 18.0 Å². The SMILES string of the molecule is C[C@H](CO)NC(=O)N[C@H](C)Cc1ccccc1C(F)(F)F. The fraction of sp³-hybridized carbons (Fsp3) is 0.500. The maximum atomic E-state index is 12.9. The van der Waals surface area contributed by atoms with Crippen molar-refractivity contribution >= 4 is 6.03 Å². The third kappa shape index (κ3) is 5.63. The summed E-state index contributed by atoms with van der Waals surface area (Å²) in [6.45, 7) is 3.03. The van der Waals surface area contributed by atoms with Crippen LogP contribution in [0.25, 0.3) is 0 Å². The Labute approximate surface area is 121 Å². The van der Waals surface area contributed by atoms with Crippen molar-refractivity contribution in [3.05, 3.63) is 35.4 Å². The number of amides is 2. The molecule has 1 aromatic carbocycles. The van der Waals surface area contributed by atoms with Gasteiger partial charge in [-0.1, -0.05) is 18.2 Å². The van der Waals surface area contributed by atoms with Crippen molar-refractivity contribution in [3.63, 3.8) is 0 Å². The quantitative estimate of drug-likeness (QED) is 0.782. The maximum Gasteiger partial charge on any atom is 0.416 e. The molecule has 0 bridgehead atoms. The van der Waals surface area contributed by atoms with E-state index in [2.05, 4.69) is 10.6 Å². The molecule has 0 fully saturated rings. The molecule has 2 atom stereocenters. The first-order valence-electron chi connectivity index (χ1n) is 6.57. The van der Waals surface area contributed by atoms with Gasteiger partial charge in [0.1, 0.15) is 0 Å². The second-order valence-electron chi connectivity index (χ2n) is 4.96. The Morgan fingerprint density at radius 2 is 1.76 bits per heavy atom. The number of nitrogens with one attached hydrogen (secondary N) is 2. The molecule has 0 aliphatic rings. The van der Waals surface area contributed by atoms with E-state index < -0.39 is 29.9 Å². The fourth-order valence-electron chi connectivity index (χ4n) is 1.89. The number of benzene rings is 1. The van der Waals surface area contributed by atoms with E-state index >= 15 is 0 Å². The minimum absolute atomic E-state index is 0.0661. The van der Waals surface area contributed by atoms with Gasteiger partial charge in [-0.05, 0) is 31.9 Å². The lowest BCUT2D eigenvalue weighted by Crippen LogP contribution is -2.46.